The van der Waals surface area contributed by atoms with E-state index in [0.29, 0.717) is 24.8 Å². The van der Waals surface area contributed by atoms with E-state index >= 15 is 0 Å². The number of nitrogens with one attached hydrogen (secondary N) is 2. The predicted octanol–water partition coefficient (Wildman–Crippen LogP) is 2.26. The van der Waals surface area contributed by atoms with E-state index in [0.717, 1.165) is 18.8 Å². The van der Waals surface area contributed by atoms with Crippen molar-refractivity contribution in [3.63, 3.8) is 0 Å². The zero-order valence-corrected chi connectivity index (χ0v) is 13.7. The van der Waals surface area contributed by atoms with Crippen LogP contribution in [0.5, 0.6) is 0 Å². The molecule has 1 aromatic heterocycles. The Balaban J connectivity index is 2.68. The van der Waals surface area contributed by atoms with Crippen LogP contribution in [0, 0.1) is 5.41 Å². The molecule has 6 nitrogen and oxygen atoms in total. The van der Waals surface area contributed by atoms with Crippen LogP contribution in [0.1, 0.15) is 39.9 Å². The highest BCUT2D eigenvalue weighted by Crippen LogP contribution is 2.21. The SMILES string of the molecule is CCNc1cc(NCC(O)CC(C)(C)C)nc(COC)n1. The highest BCUT2D eigenvalue weighted by atomic mass is 16.5. The average Bonchev–Trinajstić information content (AvgIpc) is 2.35. The molecule has 0 aromatic carbocycles. The van der Waals surface area contributed by atoms with E-state index < -0.39 is 6.10 Å². The number of aliphatic hydroxyl groups is 1. The van der Waals surface area contributed by atoms with Crippen LogP contribution >= 0.6 is 0 Å². The minimum Gasteiger partial charge on any atom is -0.391 e. The highest BCUT2D eigenvalue weighted by Gasteiger charge is 2.16. The number of ether oxygens (including phenoxy) is 1. The first-order chi connectivity index (χ1) is 9.84. The summed E-state index contributed by atoms with van der Waals surface area (Å²) in [6.45, 7) is 9.96. The van der Waals surface area contributed by atoms with Crippen molar-refractivity contribution in [1.29, 1.82) is 0 Å². The van der Waals surface area contributed by atoms with Gasteiger partial charge in [-0.2, -0.15) is 0 Å². The summed E-state index contributed by atoms with van der Waals surface area (Å²) in [7, 11) is 1.61. The summed E-state index contributed by atoms with van der Waals surface area (Å²) in [5.41, 5.74) is 0.100. The first kappa shape index (κ1) is 17.7. The van der Waals surface area contributed by atoms with E-state index in [2.05, 4.69) is 41.4 Å². The van der Waals surface area contributed by atoms with E-state index in [9.17, 15) is 5.11 Å². The second kappa shape index (κ2) is 8.14. The van der Waals surface area contributed by atoms with Gasteiger partial charge in [-0.3, -0.25) is 0 Å². The van der Waals surface area contributed by atoms with Gasteiger partial charge in [-0.15, -0.1) is 0 Å². The predicted molar refractivity (Wildman–Crippen MR) is 85.5 cm³/mol. The summed E-state index contributed by atoms with van der Waals surface area (Å²) in [5.74, 6) is 2.07. The van der Waals surface area contributed by atoms with E-state index in [-0.39, 0.29) is 5.41 Å². The molecule has 1 aromatic rings. The first-order valence-corrected chi connectivity index (χ1v) is 7.36. The van der Waals surface area contributed by atoms with Gasteiger partial charge in [0.05, 0.1) is 6.10 Å². The Morgan fingerprint density at radius 1 is 1.24 bits per heavy atom. The molecule has 6 heteroatoms. The molecule has 1 unspecified atom stereocenters. The fourth-order valence-electron chi connectivity index (χ4n) is 2.05. The molecule has 0 fully saturated rings. The van der Waals surface area contributed by atoms with Crippen LogP contribution < -0.4 is 10.6 Å². The lowest BCUT2D eigenvalue weighted by atomic mass is 9.89. The van der Waals surface area contributed by atoms with Crippen molar-refractivity contribution >= 4 is 11.6 Å². The normalized spacial score (nSPS) is 13.0. The Hall–Kier alpha value is -1.40. The van der Waals surface area contributed by atoms with E-state index in [4.69, 9.17) is 4.74 Å². The topological polar surface area (TPSA) is 79.3 Å². The fourth-order valence-corrected chi connectivity index (χ4v) is 2.05. The van der Waals surface area contributed by atoms with Crippen molar-refractivity contribution in [2.24, 2.45) is 5.41 Å². The number of rotatable bonds is 8. The number of aromatic nitrogens is 2. The summed E-state index contributed by atoms with van der Waals surface area (Å²) in [6.07, 6.45) is 0.323. The molecule has 0 radical (unpaired) electrons. The summed E-state index contributed by atoms with van der Waals surface area (Å²) in [4.78, 5) is 8.73. The Kier molecular flexibility index (Phi) is 6.84. The summed E-state index contributed by atoms with van der Waals surface area (Å²) in [6, 6.07) is 1.84. The van der Waals surface area contributed by atoms with Crippen molar-refractivity contribution < 1.29 is 9.84 Å². The minimum absolute atomic E-state index is 0.100. The van der Waals surface area contributed by atoms with E-state index in [1.807, 2.05) is 13.0 Å². The smallest absolute Gasteiger partial charge is 0.158 e. The molecule has 0 amide bonds. The molecular weight excluding hydrogens is 268 g/mol. The number of anilines is 2. The van der Waals surface area contributed by atoms with Crippen LogP contribution in [0.15, 0.2) is 6.07 Å². The van der Waals surface area contributed by atoms with Crippen LogP contribution in [0.3, 0.4) is 0 Å². The molecule has 1 heterocycles. The lowest BCUT2D eigenvalue weighted by Crippen LogP contribution is -2.25. The fraction of sp³-hybridized carbons (Fsp3) is 0.733. The van der Waals surface area contributed by atoms with Gasteiger partial charge in [0.15, 0.2) is 5.82 Å². The molecule has 0 spiro atoms. The van der Waals surface area contributed by atoms with E-state index in [1.165, 1.54) is 0 Å². The van der Waals surface area contributed by atoms with Crippen molar-refractivity contribution in [3.8, 4) is 0 Å². The second-order valence-electron chi connectivity index (χ2n) is 6.32. The Bertz CT molecular complexity index is 408. The van der Waals surface area contributed by atoms with Crippen LogP contribution in [-0.2, 0) is 11.3 Å². The Labute approximate surface area is 127 Å². The third-order valence-electron chi connectivity index (χ3n) is 2.77. The molecule has 3 N–H and O–H groups in total. The first-order valence-electron chi connectivity index (χ1n) is 7.36. The van der Waals surface area contributed by atoms with Crippen LogP contribution in [0.4, 0.5) is 11.6 Å². The summed E-state index contributed by atoms with van der Waals surface area (Å²) in [5, 5.41) is 16.4. The number of hydrogen-bond donors (Lipinski definition) is 3. The quantitative estimate of drug-likeness (QED) is 0.683. The van der Waals surface area contributed by atoms with Crippen LogP contribution in [0.2, 0.25) is 0 Å². The average molecular weight is 296 g/mol. The number of aliphatic hydroxyl groups excluding tert-OH is 1. The minimum atomic E-state index is -0.409. The van der Waals surface area contributed by atoms with Gasteiger partial charge in [0.25, 0.3) is 0 Å². The second-order valence-corrected chi connectivity index (χ2v) is 6.32. The van der Waals surface area contributed by atoms with Crippen molar-refractivity contribution in [2.45, 2.75) is 46.8 Å². The molecule has 0 aliphatic heterocycles. The molecule has 1 rings (SSSR count). The highest BCUT2D eigenvalue weighted by molar-refractivity contribution is 5.47. The molecule has 0 bridgehead atoms. The maximum absolute atomic E-state index is 10.0. The third kappa shape index (κ3) is 7.24. The standard InChI is InChI=1S/C15H28N4O2/c1-6-16-12-7-13(19-14(18-12)10-21-5)17-9-11(20)8-15(2,3)4/h7,11,20H,6,8-10H2,1-5H3,(H2,16,17,18,19). The van der Waals surface area contributed by atoms with Crippen LogP contribution in [0.25, 0.3) is 0 Å². The Morgan fingerprint density at radius 2 is 1.86 bits per heavy atom. The molecule has 120 valence electrons. The third-order valence-corrected chi connectivity index (χ3v) is 2.77. The van der Waals surface area contributed by atoms with Gasteiger partial charge in [-0.1, -0.05) is 20.8 Å². The maximum atomic E-state index is 10.0. The van der Waals surface area contributed by atoms with Gasteiger partial charge in [-0.25, -0.2) is 9.97 Å². The molecule has 21 heavy (non-hydrogen) atoms. The molecule has 1 atom stereocenters. The zero-order chi connectivity index (χ0) is 15.9. The molecular formula is C15H28N4O2. The lowest BCUT2D eigenvalue weighted by Gasteiger charge is -2.22. The molecule has 0 aliphatic rings. The lowest BCUT2D eigenvalue weighted by molar-refractivity contribution is 0.132. The van der Waals surface area contributed by atoms with Gasteiger partial charge < -0.3 is 20.5 Å². The number of hydrogen-bond acceptors (Lipinski definition) is 6. The van der Waals surface area contributed by atoms with Crippen molar-refractivity contribution in [2.75, 3.05) is 30.8 Å². The van der Waals surface area contributed by atoms with Gasteiger partial charge in [-0.05, 0) is 18.8 Å². The summed E-state index contributed by atoms with van der Waals surface area (Å²) >= 11 is 0. The Morgan fingerprint density at radius 3 is 2.38 bits per heavy atom. The van der Waals surface area contributed by atoms with Gasteiger partial charge in [0, 0.05) is 26.3 Å². The van der Waals surface area contributed by atoms with Gasteiger partial charge in [0.2, 0.25) is 0 Å². The number of methoxy groups -OCH3 is 1. The zero-order valence-electron chi connectivity index (χ0n) is 13.7. The molecule has 0 saturated heterocycles. The van der Waals surface area contributed by atoms with Crippen molar-refractivity contribution in [1.82, 2.24) is 9.97 Å². The van der Waals surface area contributed by atoms with Gasteiger partial charge >= 0.3 is 0 Å². The molecule has 0 aliphatic carbocycles. The number of nitrogens with zero attached hydrogens (tertiary/aromatic N) is 2. The largest absolute Gasteiger partial charge is 0.391 e. The van der Waals surface area contributed by atoms with E-state index in [1.54, 1.807) is 7.11 Å². The van der Waals surface area contributed by atoms with Gasteiger partial charge in [0.1, 0.15) is 18.2 Å². The molecule has 0 saturated carbocycles. The van der Waals surface area contributed by atoms with Crippen LogP contribution in [-0.4, -0.2) is 41.4 Å². The summed E-state index contributed by atoms with van der Waals surface area (Å²) < 4.78 is 5.08. The monoisotopic (exact) mass is 296 g/mol. The maximum Gasteiger partial charge on any atom is 0.158 e. The van der Waals surface area contributed by atoms with Crippen molar-refractivity contribution in [3.05, 3.63) is 11.9 Å².